The Morgan fingerprint density at radius 2 is 2.00 bits per heavy atom. The Kier molecular flexibility index (Phi) is 3.45. The van der Waals surface area contributed by atoms with Gasteiger partial charge in [0.25, 0.3) is 0 Å². The van der Waals surface area contributed by atoms with E-state index in [1.165, 1.54) is 23.5 Å². The predicted molar refractivity (Wildman–Crippen MR) is 70.2 cm³/mol. The number of rotatable bonds is 2. The maximum Gasteiger partial charge on any atom is 0.416 e. The van der Waals surface area contributed by atoms with Gasteiger partial charge >= 0.3 is 6.18 Å². The molecule has 1 aromatic carbocycles. The second kappa shape index (κ2) is 4.77. The number of alkyl halides is 3. The summed E-state index contributed by atoms with van der Waals surface area (Å²) < 4.78 is 38.0. The Morgan fingerprint density at radius 1 is 1.32 bits per heavy atom. The number of aryl methyl sites for hydroxylation is 1. The predicted octanol–water partition coefficient (Wildman–Crippen LogP) is 4.28. The van der Waals surface area contributed by atoms with Crippen molar-refractivity contribution in [2.75, 3.05) is 5.73 Å². The van der Waals surface area contributed by atoms with Crippen molar-refractivity contribution >= 4 is 16.3 Å². The van der Waals surface area contributed by atoms with E-state index in [0.717, 1.165) is 12.1 Å². The third kappa shape index (κ3) is 2.53. The fourth-order valence-corrected chi connectivity index (χ4v) is 2.78. The third-order valence-electron chi connectivity index (χ3n) is 2.78. The minimum absolute atomic E-state index is 0.0238. The molecule has 1 aromatic heterocycles. The fourth-order valence-electron chi connectivity index (χ4n) is 1.86. The lowest BCUT2D eigenvalue weighted by molar-refractivity contribution is -0.137. The summed E-state index contributed by atoms with van der Waals surface area (Å²) in [7, 11) is 0. The quantitative estimate of drug-likeness (QED) is 0.865. The molecule has 0 unspecified atom stereocenters. The van der Waals surface area contributed by atoms with Crippen LogP contribution in [0.2, 0.25) is 0 Å². The molecule has 6 heteroatoms. The molecule has 2 nitrogen and oxygen atoms in total. The van der Waals surface area contributed by atoms with E-state index >= 15 is 0 Å². The van der Waals surface area contributed by atoms with Crippen LogP contribution in [-0.2, 0) is 12.6 Å². The molecule has 0 fully saturated rings. The molecule has 0 aliphatic heterocycles. The van der Waals surface area contributed by atoms with E-state index < -0.39 is 11.7 Å². The molecular formula is C13H12F3NOS. The van der Waals surface area contributed by atoms with Crippen molar-refractivity contribution in [3.63, 3.8) is 0 Å². The zero-order chi connectivity index (χ0) is 14.2. The van der Waals surface area contributed by atoms with Crippen LogP contribution in [-0.4, -0.2) is 5.11 Å². The molecule has 0 radical (unpaired) electrons. The highest BCUT2D eigenvalue weighted by Gasteiger charge is 2.31. The molecule has 0 bridgehead atoms. The SMILES string of the molecule is CCc1sc(N)c(-c2cccc(C(F)(F)F)c2)c1O. The van der Waals surface area contributed by atoms with Crippen molar-refractivity contribution in [3.8, 4) is 16.9 Å². The number of hydrogen-bond donors (Lipinski definition) is 2. The van der Waals surface area contributed by atoms with Crippen LogP contribution in [0.1, 0.15) is 17.4 Å². The lowest BCUT2D eigenvalue weighted by Crippen LogP contribution is -2.04. The average molecular weight is 287 g/mol. The molecule has 0 atom stereocenters. The van der Waals surface area contributed by atoms with Crippen molar-refractivity contribution in [3.05, 3.63) is 34.7 Å². The highest BCUT2D eigenvalue weighted by atomic mass is 32.1. The second-order valence-electron chi connectivity index (χ2n) is 4.05. The first-order valence-corrected chi connectivity index (χ1v) is 6.44. The van der Waals surface area contributed by atoms with E-state index in [2.05, 4.69) is 0 Å². The Labute approximate surface area is 112 Å². The largest absolute Gasteiger partial charge is 0.506 e. The van der Waals surface area contributed by atoms with E-state index in [9.17, 15) is 18.3 Å². The van der Waals surface area contributed by atoms with Gasteiger partial charge in [-0.05, 0) is 24.1 Å². The normalized spacial score (nSPS) is 11.8. The molecule has 0 saturated carbocycles. The van der Waals surface area contributed by atoms with Gasteiger partial charge in [-0.1, -0.05) is 19.1 Å². The van der Waals surface area contributed by atoms with Gasteiger partial charge in [0.15, 0.2) is 0 Å². The molecule has 2 aromatic rings. The van der Waals surface area contributed by atoms with E-state index in [0.29, 0.717) is 16.3 Å². The number of halogens is 3. The molecule has 2 rings (SSSR count). The van der Waals surface area contributed by atoms with E-state index in [4.69, 9.17) is 5.73 Å². The first-order chi connectivity index (χ1) is 8.84. The summed E-state index contributed by atoms with van der Waals surface area (Å²) >= 11 is 1.20. The molecule has 0 amide bonds. The second-order valence-corrected chi connectivity index (χ2v) is 5.18. The van der Waals surface area contributed by atoms with E-state index in [-0.39, 0.29) is 16.9 Å². The molecular weight excluding hydrogens is 275 g/mol. The zero-order valence-corrected chi connectivity index (χ0v) is 10.9. The first kappa shape index (κ1) is 13.7. The Balaban J connectivity index is 2.57. The van der Waals surface area contributed by atoms with Gasteiger partial charge in [0.1, 0.15) is 5.75 Å². The fraction of sp³-hybridized carbons (Fsp3) is 0.231. The summed E-state index contributed by atoms with van der Waals surface area (Å²) in [5, 5.41) is 10.3. The van der Waals surface area contributed by atoms with Crippen LogP contribution in [0, 0.1) is 0 Å². The van der Waals surface area contributed by atoms with Crippen LogP contribution in [0.4, 0.5) is 18.2 Å². The highest BCUT2D eigenvalue weighted by Crippen LogP contribution is 2.45. The van der Waals surface area contributed by atoms with Gasteiger partial charge in [-0.3, -0.25) is 0 Å². The number of benzene rings is 1. The van der Waals surface area contributed by atoms with Gasteiger partial charge in [-0.15, -0.1) is 11.3 Å². The van der Waals surface area contributed by atoms with Gasteiger partial charge in [-0.2, -0.15) is 13.2 Å². The van der Waals surface area contributed by atoms with Crippen LogP contribution in [0.3, 0.4) is 0 Å². The Bertz CT molecular complexity index is 604. The van der Waals surface area contributed by atoms with Crippen LogP contribution >= 0.6 is 11.3 Å². The molecule has 0 aliphatic rings. The van der Waals surface area contributed by atoms with Crippen LogP contribution in [0.15, 0.2) is 24.3 Å². The van der Waals surface area contributed by atoms with Crippen LogP contribution in [0.25, 0.3) is 11.1 Å². The maximum atomic E-state index is 12.7. The van der Waals surface area contributed by atoms with Gasteiger partial charge in [-0.25, -0.2) is 0 Å². The van der Waals surface area contributed by atoms with Crippen molar-refractivity contribution in [1.29, 1.82) is 0 Å². The number of anilines is 1. The number of thiophene rings is 1. The smallest absolute Gasteiger partial charge is 0.416 e. The van der Waals surface area contributed by atoms with Gasteiger partial charge < -0.3 is 10.8 Å². The molecule has 0 spiro atoms. The minimum Gasteiger partial charge on any atom is -0.506 e. The lowest BCUT2D eigenvalue weighted by Gasteiger charge is -2.09. The standard InChI is InChI=1S/C13H12F3NOS/c1-2-9-11(18)10(12(17)19-9)7-4-3-5-8(6-7)13(14,15)16/h3-6,18H,2,17H2,1H3. The van der Waals surface area contributed by atoms with E-state index in [1.54, 1.807) is 0 Å². The molecule has 3 N–H and O–H groups in total. The van der Waals surface area contributed by atoms with Crippen molar-refractivity contribution in [2.45, 2.75) is 19.5 Å². The molecule has 0 saturated heterocycles. The number of aromatic hydroxyl groups is 1. The number of nitrogens with two attached hydrogens (primary N) is 1. The average Bonchev–Trinajstić information content (AvgIpc) is 2.63. The van der Waals surface area contributed by atoms with Crippen molar-refractivity contribution in [2.24, 2.45) is 0 Å². The number of nitrogen functional groups attached to an aromatic ring is 1. The summed E-state index contributed by atoms with van der Waals surface area (Å²) in [5.74, 6) is -0.0238. The van der Waals surface area contributed by atoms with Gasteiger partial charge in [0.2, 0.25) is 0 Å². The number of hydrogen-bond acceptors (Lipinski definition) is 3. The first-order valence-electron chi connectivity index (χ1n) is 5.62. The Hall–Kier alpha value is -1.69. The highest BCUT2D eigenvalue weighted by molar-refractivity contribution is 7.17. The summed E-state index contributed by atoms with van der Waals surface area (Å²) in [6.45, 7) is 1.85. The monoisotopic (exact) mass is 287 g/mol. The van der Waals surface area contributed by atoms with Crippen molar-refractivity contribution in [1.82, 2.24) is 0 Å². The summed E-state index contributed by atoms with van der Waals surface area (Å²) in [6, 6.07) is 4.80. The molecule has 102 valence electrons. The summed E-state index contributed by atoms with van der Waals surface area (Å²) in [4.78, 5) is 0.671. The molecule has 19 heavy (non-hydrogen) atoms. The Morgan fingerprint density at radius 3 is 2.53 bits per heavy atom. The van der Waals surface area contributed by atoms with Gasteiger partial charge in [0, 0.05) is 4.88 Å². The summed E-state index contributed by atoms with van der Waals surface area (Å²) in [6.07, 6.45) is -3.83. The third-order valence-corrected chi connectivity index (χ3v) is 3.93. The van der Waals surface area contributed by atoms with Crippen LogP contribution < -0.4 is 5.73 Å². The van der Waals surface area contributed by atoms with Crippen molar-refractivity contribution < 1.29 is 18.3 Å². The van der Waals surface area contributed by atoms with E-state index in [1.807, 2.05) is 6.92 Å². The summed E-state index contributed by atoms with van der Waals surface area (Å²) in [5.41, 5.74) is 5.59. The molecule has 1 heterocycles. The van der Waals surface area contributed by atoms with Crippen LogP contribution in [0.5, 0.6) is 5.75 Å². The lowest BCUT2D eigenvalue weighted by atomic mass is 10.0. The zero-order valence-electron chi connectivity index (χ0n) is 10.1. The molecule has 0 aliphatic carbocycles. The van der Waals surface area contributed by atoms with Gasteiger partial charge in [0.05, 0.1) is 16.1 Å². The minimum atomic E-state index is -4.41. The maximum absolute atomic E-state index is 12.7. The topological polar surface area (TPSA) is 46.2 Å².